The van der Waals surface area contributed by atoms with Gasteiger partial charge < -0.3 is 9.84 Å². The summed E-state index contributed by atoms with van der Waals surface area (Å²) in [7, 11) is 1.50. The van der Waals surface area contributed by atoms with Crippen LogP contribution in [-0.2, 0) is 9.53 Å². The smallest absolute Gasteiger partial charge is 0.319 e. The molecule has 0 bridgehead atoms. The van der Waals surface area contributed by atoms with Crippen molar-refractivity contribution >= 4 is 5.97 Å². The van der Waals surface area contributed by atoms with Crippen LogP contribution < -0.4 is 0 Å². The number of carbonyl (C=O) groups is 1. The maximum absolute atomic E-state index is 10.9. The van der Waals surface area contributed by atoms with Crippen LogP contribution in [0, 0.1) is 5.41 Å². The Kier molecular flexibility index (Phi) is 2.65. The number of carboxylic acids is 1. The molecule has 0 spiro atoms. The molecule has 0 saturated carbocycles. The predicted molar refractivity (Wildman–Crippen MR) is 44.8 cm³/mol. The maximum atomic E-state index is 10.9. The average molecular weight is 168 g/mol. The van der Waals surface area contributed by atoms with Crippen LogP contribution in [0.5, 0.6) is 0 Å². The highest BCUT2D eigenvalue weighted by Crippen LogP contribution is 2.25. The molecule has 1 N–H and O–H groups in total. The summed E-state index contributed by atoms with van der Waals surface area (Å²) in [5.74, 6) is -0.864. The van der Waals surface area contributed by atoms with E-state index in [1.165, 1.54) is 7.11 Å². The van der Waals surface area contributed by atoms with E-state index in [-0.39, 0.29) is 6.61 Å². The number of hydrogen-bond acceptors (Lipinski definition) is 2. The van der Waals surface area contributed by atoms with Gasteiger partial charge in [-0.05, 0) is 6.42 Å². The van der Waals surface area contributed by atoms with E-state index >= 15 is 0 Å². The monoisotopic (exact) mass is 168 g/mol. The normalized spacial score (nSPS) is 19.4. The Bertz CT molecular complexity index is 216. The van der Waals surface area contributed by atoms with Crippen molar-refractivity contribution < 1.29 is 14.6 Å². The lowest BCUT2D eigenvalue weighted by Crippen LogP contribution is -2.32. The Balaban J connectivity index is 2.85. The number of hydrogen-bond donors (Lipinski definition) is 1. The third-order valence-electron chi connectivity index (χ3n) is 1.88. The van der Waals surface area contributed by atoms with Crippen molar-refractivity contribution in [3.05, 3.63) is 24.3 Å². The lowest BCUT2D eigenvalue weighted by atomic mass is 9.85. The van der Waals surface area contributed by atoms with E-state index < -0.39 is 11.4 Å². The van der Waals surface area contributed by atoms with Crippen LogP contribution in [0.3, 0.4) is 0 Å². The number of methoxy groups -OCH3 is 1. The zero-order valence-electron chi connectivity index (χ0n) is 6.99. The van der Waals surface area contributed by atoms with E-state index in [0.29, 0.717) is 0 Å². The van der Waals surface area contributed by atoms with Crippen LogP contribution in [0.2, 0.25) is 0 Å². The standard InChI is InChI=1S/C9H12O3/c1-12-7-9(8(10)11)5-3-2-4-6-9/h3-6H,2,7H2,1H3,(H,10,11). The molecule has 0 heterocycles. The van der Waals surface area contributed by atoms with Gasteiger partial charge in [-0.1, -0.05) is 24.3 Å². The molecule has 0 atom stereocenters. The number of ether oxygens (including phenoxy) is 1. The second kappa shape index (κ2) is 3.54. The van der Waals surface area contributed by atoms with Crippen molar-refractivity contribution in [2.45, 2.75) is 6.42 Å². The van der Waals surface area contributed by atoms with Crippen LogP contribution in [0.1, 0.15) is 6.42 Å². The van der Waals surface area contributed by atoms with Gasteiger partial charge in [-0.25, -0.2) is 0 Å². The van der Waals surface area contributed by atoms with Crippen molar-refractivity contribution in [3.8, 4) is 0 Å². The van der Waals surface area contributed by atoms with Crippen LogP contribution in [0.15, 0.2) is 24.3 Å². The number of aliphatic carboxylic acids is 1. The minimum Gasteiger partial charge on any atom is -0.480 e. The summed E-state index contributed by atoms with van der Waals surface area (Å²) in [6.45, 7) is 0.190. The van der Waals surface area contributed by atoms with E-state index in [4.69, 9.17) is 9.84 Å². The van der Waals surface area contributed by atoms with Gasteiger partial charge in [0.1, 0.15) is 5.41 Å². The predicted octanol–water partition coefficient (Wildman–Crippen LogP) is 1.22. The number of carboxylic acid groups (broad SMARTS) is 1. The molecule has 0 saturated heterocycles. The molecule has 1 rings (SSSR count). The molecule has 0 aromatic carbocycles. The number of rotatable bonds is 3. The third kappa shape index (κ3) is 1.56. The lowest BCUT2D eigenvalue weighted by Gasteiger charge is -2.22. The first-order valence-corrected chi connectivity index (χ1v) is 3.79. The fraction of sp³-hybridized carbons (Fsp3) is 0.444. The van der Waals surface area contributed by atoms with E-state index in [1.807, 2.05) is 12.2 Å². The SMILES string of the molecule is COCC1(C(=O)O)C=CCC=C1. The Morgan fingerprint density at radius 1 is 1.58 bits per heavy atom. The van der Waals surface area contributed by atoms with Crippen molar-refractivity contribution in [2.75, 3.05) is 13.7 Å². The summed E-state index contributed by atoms with van der Waals surface area (Å²) < 4.78 is 4.86. The minimum atomic E-state index is -0.938. The highest BCUT2D eigenvalue weighted by Gasteiger charge is 2.33. The van der Waals surface area contributed by atoms with Gasteiger partial charge in [-0.15, -0.1) is 0 Å². The molecular formula is C9H12O3. The summed E-state index contributed by atoms with van der Waals surface area (Å²) in [4.78, 5) is 10.9. The van der Waals surface area contributed by atoms with Crippen LogP contribution in [0.4, 0.5) is 0 Å². The van der Waals surface area contributed by atoms with Gasteiger partial charge in [-0.2, -0.15) is 0 Å². The van der Waals surface area contributed by atoms with Crippen molar-refractivity contribution in [1.82, 2.24) is 0 Å². The first kappa shape index (κ1) is 9.00. The summed E-state index contributed by atoms with van der Waals surface area (Å²) in [5.41, 5.74) is -0.938. The fourth-order valence-corrected chi connectivity index (χ4v) is 1.23. The van der Waals surface area contributed by atoms with Gasteiger partial charge >= 0.3 is 5.97 Å². The average Bonchev–Trinajstić information content (AvgIpc) is 2.06. The molecule has 0 aliphatic heterocycles. The third-order valence-corrected chi connectivity index (χ3v) is 1.88. The zero-order valence-corrected chi connectivity index (χ0v) is 6.99. The molecule has 12 heavy (non-hydrogen) atoms. The Hall–Kier alpha value is -1.09. The molecule has 66 valence electrons. The Labute approximate surface area is 71.3 Å². The summed E-state index contributed by atoms with van der Waals surface area (Å²) in [5, 5.41) is 8.94. The number of allylic oxidation sites excluding steroid dienone is 2. The molecular weight excluding hydrogens is 156 g/mol. The topological polar surface area (TPSA) is 46.5 Å². The molecule has 0 radical (unpaired) electrons. The molecule has 3 nitrogen and oxygen atoms in total. The van der Waals surface area contributed by atoms with E-state index in [1.54, 1.807) is 12.2 Å². The quantitative estimate of drug-likeness (QED) is 0.644. The first-order chi connectivity index (χ1) is 5.71. The van der Waals surface area contributed by atoms with E-state index in [2.05, 4.69) is 0 Å². The highest BCUT2D eigenvalue weighted by molar-refractivity contribution is 5.80. The summed E-state index contributed by atoms with van der Waals surface area (Å²) >= 11 is 0. The maximum Gasteiger partial charge on any atom is 0.319 e. The van der Waals surface area contributed by atoms with Gasteiger partial charge in [0.25, 0.3) is 0 Å². The Morgan fingerprint density at radius 3 is 2.58 bits per heavy atom. The highest BCUT2D eigenvalue weighted by atomic mass is 16.5. The molecule has 0 amide bonds. The fourth-order valence-electron chi connectivity index (χ4n) is 1.23. The molecule has 1 aliphatic rings. The van der Waals surface area contributed by atoms with Crippen LogP contribution in [0.25, 0.3) is 0 Å². The molecule has 0 aromatic heterocycles. The molecule has 3 heteroatoms. The lowest BCUT2D eigenvalue weighted by molar-refractivity contribution is -0.145. The van der Waals surface area contributed by atoms with Gasteiger partial charge in [-0.3, -0.25) is 4.79 Å². The van der Waals surface area contributed by atoms with Gasteiger partial charge in [0, 0.05) is 7.11 Å². The Morgan fingerprint density at radius 2 is 2.17 bits per heavy atom. The molecule has 0 unspecified atom stereocenters. The molecule has 1 aliphatic carbocycles. The summed E-state index contributed by atoms with van der Waals surface area (Å²) in [6, 6.07) is 0. The van der Waals surface area contributed by atoms with Gasteiger partial charge in [0.15, 0.2) is 0 Å². The van der Waals surface area contributed by atoms with E-state index in [9.17, 15) is 4.79 Å². The minimum absolute atomic E-state index is 0.190. The first-order valence-electron chi connectivity index (χ1n) is 3.79. The largest absolute Gasteiger partial charge is 0.480 e. The van der Waals surface area contributed by atoms with Crippen molar-refractivity contribution in [3.63, 3.8) is 0 Å². The molecule has 0 fully saturated rings. The molecule has 0 aromatic rings. The van der Waals surface area contributed by atoms with Crippen LogP contribution >= 0.6 is 0 Å². The second-order valence-electron chi connectivity index (χ2n) is 2.82. The summed E-state index contributed by atoms with van der Waals surface area (Å²) in [6.07, 6.45) is 7.84. The van der Waals surface area contributed by atoms with Gasteiger partial charge in [0.05, 0.1) is 6.61 Å². The second-order valence-corrected chi connectivity index (χ2v) is 2.82. The zero-order chi connectivity index (χ0) is 9.03. The van der Waals surface area contributed by atoms with E-state index in [0.717, 1.165) is 6.42 Å². The van der Waals surface area contributed by atoms with Crippen molar-refractivity contribution in [1.29, 1.82) is 0 Å². The van der Waals surface area contributed by atoms with Gasteiger partial charge in [0.2, 0.25) is 0 Å². The van der Waals surface area contributed by atoms with Crippen LogP contribution in [-0.4, -0.2) is 24.8 Å². The van der Waals surface area contributed by atoms with Crippen molar-refractivity contribution in [2.24, 2.45) is 5.41 Å².